The van der Waals surface area contributed by atoms with Crippen molar-refractivity contribution >= 4 is 5.97 Å². The third kappa shape index (κ3) is 3.89. The van der Waals surface area contributed by atoms with Crippen molar-refractivity contribution in [2.24, 2.45) is 17.3 Å². The van der Waals surface area contributed by atoms with Gasteiger partial charge in [0, 0.05) is 11.3 Å². The number of unbranched alkanes of at least 4 members (excludes halogenated alkanes) is 4. The molecular formula is C22H37F3O2. The molecule has 0 bridgehead atoms. The van der Waals surface area contributed by atoms with Gasteiger partial charge in [-0.2, -0.15) is 0 Å². The molecule has 0 heterocycles. The van der Waals surface area contributed by atoms with Crippen molar-refractivity contribution in [3.8, 4) is 0 Å². The number of aliphatic carboxylic acids is 1. The summed E-state index contributed by atoms with van der Waals surface area (Å²) >= 11 is 0. The number of halogens is 3. The molecule has 27 heavy (non-hydrogen) atoms. The van der Waals surface area contributed by atoms with E-state index in [4.69, 9.17) is 0 Å². The Hall–Kier alpha value is -0.740. The lowest BCUT2D eigenvalue weighted by Gasteiger charge is -2.56. The summed E-state index contributed by atoms with van der Waals surface area (Å²) in [6.07, 6.45) is 9.66. The molecule has 158 valence electrons. The summed E-state index contributed by atoms with van der Waals surface area (Å²) in [6, 6.07) is 0. The van der Waals surface area contributed by atoms with Gasteiger partial charge in [0.1, 0.15) is 0 Å². The van der Waals surface area contributed by atoms with E-state index in [0.717, 1.165) is 44.9 Å². The molecule has 1 unspecified atom stereocenters. The molecule has 0 saturated heterocycles. The van der Waals surface area contributed by atoms with E-state index < -0.39 is 28.9 Å². The number of carboxylic acid groups (broad SMARTS) is 1. The molecule has 0 aromatic rings. The Morgan fingerprint density at radius 2 is 1.59 bits per heavy atom. The maximum Gasteiger partial charge on any atom is 0.348 e. The van der Waals surface area contributed by atoms with Crippen molar-refractivity contribution in [2.45, 2.75) is 115 Å². The van der Waals surface area contributed by atoms with Gasteiger partial charge in [-0.25, -0.2) is 18.0 Å². The number of rotatable bonds is 9. The van der Waals surface area contributed by atoms with Gasteiger partial charge in [0.25, 0.3) is 11.6 Å². The Balaban J connectivity index is 2.26. The lowest BCUT2D eigenvalue weighted by atomic mass is 9.50. The summed E-state index contributed by atoms with van der Waals surface area (Å²) in [5, 5.41) is 9.73. The van der Waals surface area contributed by atoms with Gasteiger partial charge >= 0.3 is 5.97 Å². The van der Waals surface area contributed by atoms with Crippen LogP contribution in [0.25, 0.3) is 0 Å². The second-order valence-electron chi connectivity index (χ2n) is 8.87. The van der Waals surface area contributed by atoms with Crippen LogP contribution in [0, 0.1) is 17.3 Å². The van der Waals surface area contributed by atoms with Crippen molar-refractivity contribution < 1.29 is 23.1 Å². The maximum absolute atomic E-state index is 16.1. The number of hydrogen-bond acceptors (Lipinski definition) is 1. The van der Waals surface area contributed by atoms with Crippen LogP contribution in [0.2, 0.25) is 0 Å². The molecule has 0 aliphatic heterocycles. The zero-order valence-corrected chi connectivity index (χ0v) is 17.0. The van der Waals surface area contributed by atoms with Gasteiger partial charge in [0.2, 0.25) is 0 Å². The predicted molar refractivity (Wildman–Crippen MR) is 102 cm³/mol. The average molecular weight is 391 g/mol. The summed E-state index contributed by atoms with van der Waals surface area (Å²) in [4.78, 5) is 12.0. The molecule has 2 aliphatic rings. The van der Waals surface area contributed by atoms with Crippen LogP contribution in [0.15, 0.2) is 0 Å². The number of carbonyl (C=O) groups is 1. The van der Waals surface area contributed by atoms with Gasteiger partial charge in [-0.1, -0.05) is 65.2 Å². The Bertz CT molecular complexity index is 490. The minimum absolute atomic E-state index is 0.166. The Morgan fingerprint density at radius 1 is 0.963 bits per heavy atom. The maximum atomic E-state index is 16.1. The lowest BCUT2D eigenvalue weighted by molar-refractivity contribution is -0.268. The third-order valence-electron chi connectivity index (χ3n) is 7.57. The molecule has 2 saturated carbocycles. The highest BCUT2D eigenvalue weighted by molar-refractivity contribution is 5.80. The highest BCUT2D eigenvalue weighted by Gasteiger charge is 2.76. The molecule has 0 aromatic heterocycles. The highest BCUT2D eigenvalue weighted by Crippen LogP contribution is 2.64. The SMILES string of the molecule is CCCCCCC[C@H]1CCC(CC)(C2CCCCC2)[C@](F)(C(=O)O)C1(F)F. The third-order valence-corrected chi connectivity index (χ3v) is 7.57. The van der Waals surface area contributed by atoms with E-state index in [1.165, 1.54) is 0 Å². The van der Waals surface area contributed by atoms with E-state index in [1.54, 1.807) is 6.92 Å². The van der Waals surface area contributed by atoms with E-state index in [1.807, 2.05) is 0 Å². The monoisotopic (exact) mass is 390 g/mol. The molecule has 5 heteroatoms. The molecule has 2 aliphatic carbocycles. The first-order valence-electron chi connectivity index (χ1n) is 11.1. The Kier molecular flexibility index (Phi) is 7.66. The zero-order chi connectivity index (χ0) is 20.1. The molecule has 0 amide bonds. The second-order valence-corrected chi connectivity index (χ2v) is 8.87. The van der Waals surface area contributed by atoms with Crippen LogP contribution in [0.4, 0.5) is 13.2 Å². The molecule has 1 N–H and O–H groups in total. The lowest BCUT2D eigenvalue weighted by Crippen LogP contribution is -2.69. The molecule has 0 radical (unpaired) electrons. The highest BCUT2D eigenvalue weighted by atomic mass is 19.3. The number of hydrogen-bond donors (Lipinski definition) is 1. The van der Waals surface area contributed by atoms with E-state index >= 15 is 13.2 Å². The van der Waals surface area contributed by atoms with E-state index in [9.17, 15) is 9.90 Å². The van der Waals surface area contributed by atoms with Crippen LogP contribution in [-0.2, 0) is 4.79 Å². The van der Waals surface area contributed by atoms with Gasteiger partial charge in [0.05, 0.1) is 0 Å². The quantitative estimate of drug-likeness (QED) is 0.424. The first-order chi connectivity index (χ1) is 12.8. The summed E-state index contributed by atoms with van der Waals surface area (Å²) in [6.45, 7) is 3.79. The van der Waals surface area contributed by atoms with Crippen molar-refractivity contribution in [3.63, 3.8) is 0 Å². The van der Waals surface area contributed by atoms with Crippen LogP contribution < -0.4 is 0 Å². The summed E-state index contributed by atoms with van der Waals surface area (Å²) in [7, 11) is 0. The fraction of sp³-hybridized carbons (Fsp3) is 0.955. The first-order valence-corrected chi connectivity index (χ1v) is 11.1. The van der Waals surface area contributed by atoms with Gasteiger partial charge in [0.15, 0.2) is 0 Å². The van der Waals surface area contributed by atoms with Crippen molar-refractivity contribution in [3.05, 3.63) is 0 Å². The van der Waals surface area contributed by atoms with E-state index in [0.29, 0.717) is 19.3 Å². The van der Waals surface area contributed by atoms with Crippen LogP contribution in [-0.4, -0.2) is 22.7 Å². The standard InChI is InChI=1S/C22H37F3O2/c1-3-5-6-7-9-14-18-15-16-20(4-2,17-12-10-8-11-13-17)21(23,19(26)27)22(18,24)25/h17-18H,3-16H2,1-2H3,(H,26,27)/t18-,20?,21+/m0/s1. The topological polar surface area (TPSA) is 37.3 Å². The van der Waals surface area contributed by atoms with Crippen molar-refractivity contribution in [1.82, 2.24) is 0 Å². The van der Waals surface area contributed by atoms with Crippen molar-refractivity contribution in [1.29, 1.82) is 0 Å². The van der Waals surface area contributed by atoms with Crippen LogP contribution in [0.5, 0.6) is 0 Å². The van der Waals surface area contributed by atoms with Gasteiger partial charge < -0.3 is 5.11 Å². The van der Waals surface area contributed by atoms with Crippen LogP contribution in [0.3, 0.4) is 0 Å². The largest absolute Gasteiger partial charge is 0.479 e. The molecular weight excluding hydrogens is 353 g/mol. The normalized spacial score (nSPS) is 34.5. The first kappa shape index (κ1) is 22.5. The summed E-state index contributed by atoms with van der Waals surface area (Å²) in [5.74, 6) is -7.18. The van der Waals surface area contributed by atoms with Gasteiger partial charge in [-0.15, -0.1) is 0 Å². The number of carboxylic acids is 1. The van der Waals surface area contributed by atoms with Crippen molar-refractivity contribution in [2.75, 3.05) is 0 Å². The molecule has 0 aromatic carbocycles. The molecule has 2 rings (SSSR count). The summed E-state index contributed by atoms with van der Waals surface area (Å²) < 4.78 is 47.0. The Labute approximate surface area is 162 Å². The van der Waals surface area contributed by atoms with Gasteiger partial charge in [-0.05, 0) is 44.4 Å². The number of alkyl halides is 3. The fourth-order valence-corrected chi connectivity index (χ4v) is 5.92. The minimum atomic E-state index is -3.81. The second kappa shape index (κ2) is 9.17. The fourth-order valence-electron chi connectivity index (χ4n) is 5.92. The van der Waals surface area contributed by atoms with E-state index in [2.05, 4.69) is 6.92 Å². The van der Waals surface area contributed by atoms with Gasteiger partial charge in [-0.3, -0.25) is 0 Å². The average Bonchev–Trinajstić information content (AvgIpc) is 2.66. The minimum Gasteiger partial charge on any atom is -0.479 e. The zero-order valence-electron chi connectivity index (χ0n) is 17.0. The molecule has 0 spiro atoms. The Morgan fingerprint density at radius 3 is 2.15 bits per heavy atom. The molecule has 2 fully saturated rings. The van der Waals surface area contributed by atoms with E-state index in [-0.39, 0.29) is 31.6 Å². The summed E-state index contributed by atoms with van der Waals surface area (Å²) in [5.41, 5.74) is -4.90. The van der Waals surface area contributed by atoms with Crippen LogP contribution in [0.1, 0.15) is 104 Å². The van der Waals surface area contributed by atoms with Crippen LogP contribution >= 0.6 is 0 Å². The smallest absolute Gasteiger partial charge is 0.348 e. The molecule has 3 atom stereocenters. The predicted octanol–water partition coefficient (Wildman–Crippen LogP) is 7.16. The molecule has 2 nitrogen and oxygen atoms in total.